The van der Waals surface area contributed by atoms with Crippen LogP contribution < -0.4 is 0 Å². The highest BCUT2D eigenvalue weighted by molar-refractivity contribution is 5.81. The topological polar surface area (TPSA) is 46.6 Å². The Morgan fingerprint density at radius 3 is 2.67 bits per heavy atom. The lowest BCUT2D eigenvalue weighted by Crippen LogP contribution is -2.41. The molecule has 0 fully saturated rings. The molecule has 118 valence electrons. The Balaban J connectivity index is 2.49. The van der Waals surface area contributed by atoms with Crippen LogP contribution in [0.2, 0.25) is 0 Å². The van der Waals surface area contributed by atoms with Crippen molar-refractivity contribution in [3.05, 3.63) is 0 Å². The molecule has 0 N–H and O–H groups in total. The highest BCUT2D eigenvalue weighted by Crippen LogP contribution is 2.13. The largest absolute Gasteiger partial charge is 0.378 e. The fraction of sp³-hybridized carbons (Fsp3) is 0.765. The molecule has 4 heteroatoms. The molecule has 1 amide bonds. The van der Waals surface area contributed by atoms with E-state index in [0.717, 1.165) is 0 Å². The number of ether oxygens (including phenoxy) is 1. The fourth-order valence-electron chi connectivity index (χ4n) is 2.35. The highest BCUT2D eigenvalue weighted by atomic mass is 16.5. The van der Waals surface area contributed by atoms with Gasteiger partial charge in [-0.15, -0.1) is 5.92 Å². The zero-order valence-corrected chi connectivity index (χ0v) is 13.6. The summed E-state index contributed by atoms with van der Waals surface area (Å²) in [4.78, 5) is 25.7. The van der Waals surface area contributed by atoms with E-state index >= 15 is 0 Å². The number of nitrogens with zero attached hydrogens (tertiary/aromatic N) is 1. The van der Waals surface area contributed by atoms with Gasteiger partial charge in [-0.3, -0.25) is 9.59 Å². The molecular weight excluding hydrogens is 266 g/mol. The van der Waals surface area contributed by atoms with Crippen LogP contribution >= 0.6 is 0 Å². The van der Waals surface area contributed by atoms with Gasteiger partial charge >= 0.3 is 0 Å². The van der Waals surface area contributed by atoms with E-state index in [1.807, 2.05) is 25.7 Å². The molecule has 1 heterocycles. The number of Topliss-reactive ketones (excluding diaryl/α,β-unsaturated/α-hetero) is 1. The molecule has 21 heavy (non-hydrogen) atoms. The Labute approximate surface area is 128 Å². The Morgan fingerprint density at radius 2 is 2.05 bits per heavy atom. The minimum Gasteiger partial charge on any atom is -0.378 e. The minimum absolute atomic E-state index is 0.0426. The third-order valence-electron chi connectivity index (χ3n) is 3.91. The van der Waals surface area contributed by atoms with E-state index in [4.69, 9.17) is 4.74 Å². The van der Waals surface area contributed by atoms with E-state index in [2.05, 4.69) is 11.8 Å². The summed E-state index contributed by atoms with van der Waals surface area (Å²) in [5.74, 6) is 6.77. The van der Waals surface area contributed by atoms with E-state index in [9.17, 15) is 9.59 Å². The van der Waals surface area contributed by atoms with Gasteiger partial charge in [-0.25, -0.2) is 0 Å². The molecule has 0 saturated carbocycles. The van der Waals surface area contributed by atoms with Crippen LogP contribution in [0.25, 0.3) is 0 Å². The number of hydrogen-bond donors (Lipinski definition) is 0. The van der Waals surface area contributed by atoms with E-state index < -0.39 is 0 Å². The summed E-state index contributed by atoms with van der Waals surface area (Å²) in [7, 11) is 1.66. The van der Waals surface area contributed by atoms with Gasteiger partial charge in [-0.05, 0) is 13.3 Å². The minimum atomic E-state index is -0.0426. The van der Waals surface area contributed by atoms with Crippen molar-refractivity contribution in [2.45, 2.75) is 52.6 Å². The molecule has 0 aromatic rings. The van der Waals surface area contributed by atoms with Crippen molar-refractivity contribution in [3.8, 4) is 11.8 Å². The van der Waals surface area contributed by atoms with Crippen molar-refractivity contribution >= 4 is 11.7 Å². The summed E-state index contributed by atoms with van der Waals surface area (Å²) in [5, 5.41) is 0. The van der Waals surface area contributed by atoms with Gasteiger partial charge < -0.3 is 9.64 Å². The van der Waals surface area contributed by atoms with Gasteiger partial charge in [0.05, 0.1) is 6.10 Å². The van der Waals surface area contributed by atoms with Crippen LogP contribution in [0.4, 0.5) is 0 Å². The summed E-state index contributed by atoms with van der Waals surface area (Å²) >= 11 is 0. The first-order valence-corrected chi connectivity index (χ1v) is 7.77. The van der Waals surface area contributed by atoms with Crippen molar-refractivity contribution in [1.29, 1.82) is 0 Å². The van der Waals surface area contributed by atoms with Gasteiger partial charge in [-0.1, -0.05) is 19.8 Å². The maximum absolute atomic E-state index is 12.3. The SMILES string of the molecule is COC1CN(C(=O)CCCC(=O)C(C)C)CCC#CC1C. The third-order valence-corrected chi connectivity index (χ3v) is 3.91. The zero-order valence-electron chi connectivity index (χ0n) is 13.6. The maximum Gasteiger partial charge on any atom is 0.222 e. The average Bonchev–Trinajstić information content (AvgIpc) is 2.43. The Bertz CT molecular complexity index is 419. The summed E-state index contributed by atoms with van der Waals surface area (Å²) in [5.41, 5.74) is 0. The molecule has 0 aromatic heterocycles. The first-order chi connectivity index (χ1) is 9.95. The van der Waals surface area contributed by atoms with E-state index in [0.29, 0.717) is 38.8 Å². The molecule has 0 saturated heterocycles. The molecule has 1 aliphatic heterocycles. The second-order valence-electron chi connectivity index (χ2n) is 5.95. The summed E-state index contributed by atoms with van der Waals surface area (Å²) in [6.45, 7) is 7.05. The number of amides is 1. The number of carbonyl (C=O) groups excluding carboxylic acids is 2. The number of carbonyl (C=O) groups is 2. The molecule has 1 rings (SSSR count). The molecule has 0 aliphatic carbocycles. The molecule has 1 aliphatic rings. The second-order valence-corrected chi connectivity index (χ2v) is 5.95. The lowest BCUT2D eigenvalue weighted by molar-refractivity contribution is -0.133. The van der Waals surface area contributed by atoms with Gasteiger partial charge in [0.1, 0.15) is 5.78 Å². The van der Waals surface area contributed by atoms with Crippen LogP contribution in [0.3, 0.4) is 0 Å². The quantitative estimate of drug-likeness (QED) is 0.706. The van der Waals surface area contributed by atoms with E-state index in [1.165, 1.54) is 0 Å². The predicted octanol–water partition coefficient (Wildman–Crippen LogP) is 2.27. The molecule has 2 atom stereocenters. The van der Waals surface area contributed by atoms with Gasteiger partial charge in [0.15, 0.2) is 0 Å². The number of rotatable bonds is 6. The standard InChI is InChI=1S/C17H27NO3/c1-13(2)15(19)9-7-10-17(20)18-11-6-5-8-14(3)16(12-18)21-4/h13-14,16H,6-7,9-12H2,1-4H3. The molecule has 2 unspecified atom stereocenters. The van der Waals surface area contributed by atoms with Gasteiger partial charge in [0, 0.05) is 51.3 Å². The van der Waals surface area contributed by atoms with E-state index in [1.54, 1.807) is 7.11 Å². The van der Waals surface area contributed by atoms with E-state index in [-0.39, 0.29) is 29.6 Å². The monoisotopic (exact) mass is 293 g/mol. The number of methoxy groups -OCH3 is 1. The van der Waals surface area contributed by atoms with Crippen LogP contribution in [0.5, 0.6) is 0 Å². The van der Waals surface area contributed by atoms with Crippen molar-refractivity contribution in [2.75, 3.05) is 20.2 Å². The van der Waals surface area contributed by atoms with Crippen LogP contribution in [0.15, 0.2) is 0 Å². The first kappa shape index (κ1) is 17.7. The Kier molecular flexibility index (Phi) is 7.45. The molecular formula is C17H27NO3. The number of ketones is 1. The lowest BCUT2D eigenvalue weighted by Gasteiger charge is -2.29. The van der Waals surface area contributed by atoms with Gasteiger partial charge in [0.2, 0.25) is 5.91 Å². The molecule has 4 nitrogen and oxygen atoms in total. The first-order valence-electron chi connectivity index (χ1n) is 7.77. The lowest BCUT2D eigenvalue weighted by atomic mass is 10.0. The van der Waals surface area contributed by atoms with Crippen LogP contribution in [-0.2, 0) is 14.3 Å². The second kappa shape index (κ2) is 8.84. The molecule has 0 spiro atoms. The Morgan fingerprint density at radius 1 is 1.33 bits per heavy atom. The zero-order chi connectivity index (χ0) is 15.8. The van der Waals surface area contributed by atoms with Gasteiger partial charge in [-0.2, -0.15) is 0 Å². The molecule has 0 bridgehead atoms. The molecule has 0 aromatic carbocycles. The summed E-state index contributed by atoms with van der Waals surface area (Å²) < 4.78 is 5.44. The van der Waals surface area contributed by atoms with Crippen LogP contribution in [0, 0.1) is 23.7 Å². The smallest absolute Gasteiger partial charge is 0.222 e. The van der Waals surface area contributed by atoms with Crippen LogP contribution in [-0.4, -0.2) is 42.9 Å². The third kappa shape index (κ3) is 5.89. The van der Waals surface area contributed by atoms with Crippen molar-refractivity contribution in [3.63, 3.8) is 0 Å². The fourth-order valence-corrected chi connectivity index (χ4v) is 2.35. The summed E-state index contributed by atoms with van der Waals surface area (Å²) in [6.07, 6.45) is 2.21. The molecule has 0 radical (unpaired) electrons. The predicted molar refractivity (Wildman–Crippen MR) is 82.6 cm³/mol. The van der Waals surface area contributed by atoms with Crippen molar-refractivity contribution in [1.82, 2.24) is 4.90 Å². The normalized spacial score (nSPS) is 22.2. The highest BCUT2D eigenvalue weighted by Gasteiger charge is 2.23. The van der Waals surface area contributed by atoms with Crippen molar-refractivity contribution in [2.24, 2.45) is 11.8 Å². The number of hydrogen-bond acceptors (Lipinski definition) is 3. The average molecular weight is 293 g/mol. The summed E-state index contributed by atoms with van der Waals surface area (Å²) in [6, 6.07) is 0. The van der Waals surface area contributed by atoms with Gasteiger partial charge in [0.25, 0.3) is 0 Å². The maximum atomic E-state index is 12.3. The van der Waals surface area contributed by atoms with Crippen molar-refractivity contribution < 1.29 is 14.3 Å². The Hall–Kier alpha value is -1.34. The van der Waals surface area contributed by atoms with Crippen LogP contribution in [0.1, 0.15) is 46.5 Å².